The molecule has 0 heterocycles. The highest BCUT2D eigenvalue weighted by molar-refractivity contribution is 9.12. The lowest BCUT2D eigenvalue weighted by Crippen LogP contribution is -2.19. The van der Waals surface area contributed by atoms with E-state index in [9.17, 15) is 10.2 Å². The van der Waals surface area contributed by atoms with Crippen molar-refractivity contribution in [3.63, 3.8) is 0 Å². The van der Waals surface area contributed by atoms with Crippen LogP contribution in [0.5, 0.6) is 11.5 Å². The maximum Gasteiger partial charge on any atom is 0.133 e. The first-order valence-corrected chi connectivity index (χ1v) is 12.2. The Morgan fingerprint density at radius 2 is 1.38 bits per heavy atom. The highest BCUT2D eigenvalue weighted by Gasteiger charge is 2.23. The molecule has 1 atom stereocenters. The van der Waals surface area contributed by atoms with Crippen molar-refractivity contribution >= 4 is 86.9 Å². The third-order valence-corrected chi connectivity index (χ3v) is 7.85. The Kier molecular flexibility index (Phi) is 11.3. The largest absolute Gasteiger partial charge is 0.506 e. The minimum Gasteiger partial charge on any atom is -0.506 e. The summed E-state index contributed by atoms with van der Waals surface area (Å²) in [5, 5.41) is 38.3. The molecule has 0 aliphatic heterocycles. The summed E-state index contributed by atoms with van der Waals surface area (Å²) in [5.41, 5.74) is 1.20. The van der Waals surface area contributed by atoms with Crippen molar-refractivity contribution in [2.24, 2.45) is 0 Å². The second-order valence-electron chi connectivity index (χ2n) is 5.84. The number of alkyl halides is 2. The number of nitrogens with zero attached hydrogens (tertiary/aromatic N) is 2. The SMILES string of the molecule is N#CCCC(Br)(C#N)CBr.Oc1c(Br)cc(Cl)cc1Cc1cc(Cl)cc(Br)c1O. The Morgan fingerprint density at radius 1 is 0.931 bits per heavy atom. The molecule has 0 bridgehead atoms. The summed E-state index contributed by atoms with van der Waals surface area (Å²) in [4.78, 5) is 0. The predicted octanol–water partition coefficient (Wildman–Crippen LogP) is 7.86. The zero-order valence-electron chi connectivity index (χ0n) is 14.7. The summed E-state index contributed by atoms with van der Waals surface area (Å²) in [5.74, 6) is 0.194. The van der Waals surface area contributed by atoms with E-state index in [0.29, 0.717) is 54.7 Å². The van der Waals surface area contributed by atoms with Gasteiger partial charge in [0.05, 0.1) is 21.1 Å². The lowest BCUT2D eigenvalue weighted by Gasteiger charge is -2.12. The Morgan fingerprint density at radius 3 is 1.72 bits per heavy atom. The molecule has 2 N–H and O–H groups in total. The minimum absolute atomic E-state index is 0.0971. The Balaban J connectivity index is 0.000000359. The van der Waals surface area contributed by atoms with Crippen LogP contribution >= 0.6 is 86.9 Å². The Hall–Kier alpha value is -0.480. The fourth-order valence-electron chi connectivity index (χ4n) is 2.12. The predicted molar refractivity (Wildman–Crippen MR) is 130 cm³/mol. The minimum atomic E-state index is -0.553. The smallest absolute Gasteiger partial charge is 0.133 e. The maximum atomic E-state index is 9.98. The van der Waals surface area contributed by atoms with Gasteiger partial charge in [-0.25, -0.2) is 0 Å². The third kappa shape index (κ3) is 8.28. The molecular weight excluding hydrogens is 679 g/mol. The molecule has 29 heavy (non-hydrogen) atoms. The van der Waals surface area contributed by atoms with Crippen LogP contribution in [0.15, 0.2) is 33.2 Å². The Bertz CT molecular complexity index is 905. The molecule has 0 saturated carbocycles. The molecule has 2 aromatic rings. The van der Waals surface area contributed by atoms with Crippen LogP contribution in [-0.4, -0.2) is 19.9 Å². The molecule has 2 rings (SSSR count). The number of halogens is 6. The van der Waals surface area contributed by atoms with Crippen LogP contribution in [0.25, 0.3) is 0 Å². The van der Waals surface area contributed by atoms with Crippen molar-refractivity contribution in [3.05, 3.63) is 54.4 Å². The molecule has 0 aliphatic carbocycles. The van der Waals surface area contributed by atoms with Crippen LogP contribution in [-0.2, 0) is 6.42 Å². The standard InChI is InChI=1S/C13H8Br2Cl2O2.C6H6Br2N2/c14-10-4-8(16)2-6(12(10)18)1-7-3-9(17)5-11(15)13(7)19;7-4-6(8,5-10)2-1-3-9/h2-5,18-19H,1H2;1-2,4H2. The van der Waals surface area contributed by atoms with Crippen molar-refractivity contribution in [1.29, 1.82) is 10.5 Å². The lowest BCUT2D eigenvalue weighted by molar-refractivity contribution is 0.459. The van der Waals surface area contributed by atoms with E-state index in [-0.39, 0.29) is 11.5 Å². The van der Waals surface area contributed by atoms with Gasteiger partial charge in [-0.2, -0.15) is 10.5 Å². The van der Waals surface area contributed by atoms with E-state index in [4.69, 9.17) is 33.7 Å². The summed E-state index contributed by atoms with van der Waals surface area (Å²) in [6, 6.07) is 10.6. The number of phenols is 2. The normalized spacial score (nSPS) is 12.1. The molecule has 0 saturated heterocycles. The fraction of sp³-hybridized carbons (Fsp3) is 0.263. The van der Waals surface area contributed by atoms with Gasteiger partial charge in [-0.3, -0.25) is 0 Å². The first kappa shape index (κ1) is 26.6. The number of aromatic hydroxyl groups is 2. The van der Waals surface area contributed by atoms with Gasteiger partial charge < -0.3 is 10.2 Å². The van der Waals surface area contributed by atoms with Gasteiger partial charge in [0.1, 0.15) is 15.8 Å². The van der Waals surface area contributed by atoms with Gasteiger partial charge in [0.2, 0.25) is 0 Å². The summed E-state index contributed by atoms with van der Waals surface area (Å²) in [7, 11) is 0. The average Bonchev–Trinajstić information content (AvgIpc) is 2.68. The highest BCUT2D eigenvalue weighted by atomic mass is 79.9. The summed E-state index contributed by atoms with van der Waals surface area (Å²) in [6.45, 7) is 0. The Labute approximate surface area is 212 Å². The van der Waals surface area contributed by atoms with Crippen molar-refractivity contribution in [1.82, 2.24) is 0 Å². The monoisotopic (exact) mass is 688 g/mol. The fourth-order valence-corrected chi connectivity index (χ4v) is 4.47. The molecule has 1 unspecified atom stereocenters. The summed E-state index contributed by atoms with van der Waals surface area (Å²) in [6.07, 6.45) is 1.28. The molecule has 0 aromatic heterocycles. The third-order valence-electron chi connectivity index (χ3n) is 3.64. The first-order chi connectivity index (χ1) is 13.6. The van der Waals surface area contributed by atoms with E-state index in [2.05, 4.69) is 69.8 Å². The number of phenolic OH excluding ortho intramolecular Hbond substituents is 2. The molecule has 10 heteroatoms. The van der Waals surface area contributed by atoms with Crippen molar-refractivity contribution in [2.45, 2.75) is 23.6 Å². The van der Waals surface area contributed by atoms with Gasteiger partial charge in [0, 0.05) is 39.3 Å². The molecule has 4 nitrogen and oxygen atoms in total. The van der Waals surface area contributed by atoms with Gasteiger partial charge in [0.15, 0.2) is 0 Å². The van der Waals surface area contributed by atoms with Crippen molar-refractivity contribution in [2.75, 3.05) is 5.33 Å². The zero-order chi connectivity index (χ0) is 22.2. The van der Waals surface area contributed by atoms with E-state index in [0.717, 1.165) is 0 Å². The molecule has 2 aromatic carbocycles. The molecule has 0 fully saturated rings. The number of rotatable bonds is 5. The van der Waals surface area contributed by atoms with Crippen molar-refractivity contribution in [3.8, 4) is 23.6 Å². The maximum absolute atomic E-state index is 9.98. The second kappa shape index (κ2) is 12.4. The quantitative estimate of drug-likeness (QED) is 0.313. The first-order valence-electron chi connectivity index (χ1n) is 7.93. The van der Waals surface area contributed by atoms with Gasteiger partial charge in [0.25, 0.3) is 0 Å². The molecule has 0 amide bonds. The molecule has 0 aliphatic rings. The number of hydrogen-bond donors (Lipinski definition) is 2. The average molecular weight is 693 g/mol. The van der Waals surface area contributed by atoms with E-state index >= 15 is 0 Å². The summed E-state index contributed by atoms with van der Waals surface area (Å²) >= 11 is 24.8. The van der Waals surface area contributed by atoms with Gasteiger partial charge in [-0.05, 0) is 62.5 Å². The van der Waals surface area contributed by atoms with Crippen LogP contribution in [0.1, 0.15) is 24.0 Å². The number of nitriles is 2. The molecule has 154 valence electrons. The van der Waals surface area contributed by atoms with E-state index in [1.54, 1.807) is 24.3 Å². The van der Waals surface area contributed by atoms with Crippen LogP contribution in [0, 0.1) is 22.7 Å². The zero-order valence-corrected chi connectivity index (χ0v) is 22.6. The van der Waals surface area contributed by atoms with Crippen LogP contribution in [0.2, 0.25) is 10.0 Å². The topological polar surface area (TPSA) is 88.0 Å². The van der Waals surface area contributed by atoms with Crippen LogP contribution in [0.3, 0.4) is 0 Å². The highest BCUT2D eigenvalue weighted by Crippen LogP contribution is 2.37. The van der Waals surface area contributed by atoms with Crippen LogP contribution < -0.4 is 0 Å². The van der Waals surface area contributed by atoms with Crippen LogP contribution in [0.4, 0.5) is 0 Å². The number of benzene rings is 2. The van der Waals surface area contributed by atoms with E-state index in [1.807, 2.05) is 6.07 Å². The summed E-state index contributed by atoms with van der Waals surface area (Å²) < 4.78 is 0.467. The molecule has 0 spiro atoms. The number of hydrogen-bond acceptors (Lipinski definition) is 4. The van der Waals surface area contributed by atoms with Gasteiger partial charge in [-0.15, -0.1) is 0 Å². The molecular formula is C19H14Br4Cl2N2O2. The van der Waals surface area contributed by atoms with Gasteiger partial charge >= 0.3 is 0 Å². The van der Waals surface area contributed by atoms with E-state index in [1.165, 1.54) is 0 Å². The van der Waals surface area contributed by atoms with Gasteiger partial charge in [-0.1, -0.05) is 55.1 Å². The molecule has 0 radical (unpaired) electrons. The van der Waals surface area contributed by atoms with Crippen molar-refractivity contribution < 1.29 is 10.2 Å². The lowest BCUT2D eigenvalue weighted by atomic mass is 10.0. The van der Waals surface area contributed by atoms with E-state index < -0.39 is 4.32 Å². The second-order valence-corrected chi connectivity index (χ2v) is 10.5.